The molecule has 7 nitrogen and oxygen atoms in total. The van der Waals surface area contributed by atoms with Crippen molar-refractivity contribution in [1.29, 1.82) is 0 Å². The van der Waals surface area contributed by atoms with Crippen molar-refractivity contribution in [1.82, 2.24) is 15.3 Å². The summed E-state index contributed by atoms with van der Waals surface area (Å²) in [5, 5.41) is 12.3. The van der Waals surface area contributed by atoms with E-state index in [0.717, 1.165) is 16.9 Å². The van der Waals surface area contributed by atoms with Crippen LogP contribution in [0.15, 0.2) is 66.7 Å². The molecule has 0 fully saturated rings. The average molecular weight is 514 g/mol. The number of rotatable bonds is 8. The summed E-state index contributed by atoms with van der Waals surface area (Å²) in [6.45, 7) is 2.21. The highest BCUT2D eigenvalue weighted by Crippen LogP contribution is 2.32. The summed E-state index contributed by atoms with van der Waals surface area (Å²) in [7, 11) is 0. The summed E-state index contributed by atoms with van der Waals surface area (Å²) in [4.78, 5) is 34.1. The number of hydrogen-bond donors (Lipinski definition) is 2. The number of aromatic nitrogens is 2. The molecule has 0 spiro atoms. The van der Waals surface area contributed by atoms with Crippen molar-refractivity contribution in [3.63, 3.8) is 0 Å². The van der Waals surface area contributed by atoms with Gasteiger partial charge in [0.2, 0.25) is 0 Å². The quantitative estimate of drug-likeness (QED) is 0.312. The average Bonchev–Trinajstić information content (AvgIpc) is 2.93. The first-order chi connectivity index (χ1) is 18.4. The molecule has 1 aliphatic heterocycles. The van der Waals surface area contributed by atoms with Crippen LogP contribution in [0.25, 0.3) is 22.3 Å². The van der Waals surface area contributed by atoms with E-state index in [1.165, 1.54) is 12.1 Å². The Balaban J connectivity index is 1.44. The monoisotopic (exact) mass is 513 g/mol. The number of carbonyl (C=O) groups excluding carboxylic acids is 1. The smallest absolute Gasteiger partial charge is 0.306 e. The summed E-state index contributed by atoms with van der Waals surface area (Å²) in [5.41, 5.74) is 4.62. The molecule has 2 atom stereocenters. The Morgan fingerprint density at radius 1 is 1.08 bits per heavy atom. The number of carboxylic acid groups (broad SMARTS) is 1. The van der Waals surface area contributed by atoms with Crippen molar-refractivity contribution < 1.29 is 23.8 Å². The van der Waals surface area contributed by atoms with Crippen LogP contribution in [0.1, 0.15) is 53.8 Å². The van der Waals surface area contributed by atoms with Gasteiger partial charge in [0.15, 0.2) is 0 Å². The van der Waals surface area contributed by atoms with E-state index < -0.39 is 11.9 Å². The molecule has 0 saturated heterocycles. The minimum absolute atomic E-state index is 0.151. The van der Waals surface area contributed by atoms with Crippen LogP contribution in [0.2, 0.25) is 0 Å². The molecule has 0 bridgehead atoms. The number of nitrogens with one attached hydrogen (secondary N) is 1. The number of carbonyl (C=O) groups is 2. The van der Waals surface area contributed by atoms with Gasteiger partial charge < -0.3 is 15.2 Å². The molecule has 38 heavy (non-hydrogen) atoms. The Kier molecular flexibility index (Phi) is 7.31. The van der Waals surface area contributed by atoms with E-state index in [1.54, 1.807) is 37.3 Å². The van der Waals surface area contributed by atoms with Gasteiger partial charge in [-0.3, -0.25) is 9.59 Å². The molecular weight excluding hydrogens is 485 g/mol. The lowest BCUT2D eigenvalue weighted by molar-refractivity contribution is -0.141. The number of ether oxygens (including phenoxy) is 1. The maximum Gasteiger partial charge on any atom is 0.306 e. The molecule has 5 rings (SSSR count). The van der Waals surface area contributed by atoms with E-state index in [4.69, 9.17) is 14.7 Å². The zero-order valence-electron chi connectivity index (χ0n) is 21.0. The number of benzene rings is 3. The Morgan fingerprint density at radius 2 is 1.87 bits per heavy atom. The zero-order chi connectivity index (χ0) is 26.6. The van der Waals surface area contributed by atoms with Gasteiger partial charge in [-0.2, -0.15) is 0 Å². The van der Waals surface area contributed by atoms with E-state index in [-0.39, 0.29) is 17.8 Å². The topological polar surface area (TPSA) is 101 Å². The Hall–Kier alpha value is -4.33. The summed E-state index contributed by atoms with van der Waals surface area (Å²) < 4.78 is 19.3. The number of aryl methyl sites for hydroxylation is 1. The molecule has 0 saturated carbocycles. The van der Waals surface area contributed by atoms with Gasteiger partial charge >= 0.3 is 5.97 Å². The molecule has 0 radical (unpaired) electrons. The first-order valence-corrected chi connectivity index (χ1v) is 12.7. The molecule has 1 aliphatic rings. The number of hydrogen-bond acceptors (Lipinski definition) is 5. The van der Waals surface area contributed by atoms with Crippen LogP contribution in [0.5, 0.6) is 5.75 Å². The molecule has 2 N–H and O–H groups in total. The Bertz CT molecular complexity index is 1490. The second-order valence-corrected chi connectivity index (χ2v) is 9.56. The summed E-state index contributed by atoms with van der Waals surface area (Å²) in [6, 6.07) is 18.8. The van der Waals surface area contributed by atoms with Crippen molar-refractivity contribution in [3.8, 4) is 17.0 Å². The first kappa shape index (κ1) is 25.3. The third-order valence-electron chi connectivity index (χ3n) is 6.85. The highest BCUT2D eigenvalue weighted by Gasteiger charge is 2.23. The number of fused-ring (bicyclic) bond motifs is 2. The van der Waals surface area contributed by atoms with Gasteiger partial charge in [0.1, 0.15) is 11.6 Å². The van der Waals surface area contributed by atoms with Crippen LogP contribution in [0.4, 0.5) is 4.39 Å². The predicted octanol–water partition coefficient (Wildman–Crippen LogP) is 5.73. The van der Waals surface area contributed by atoms with Crippen LogP contribution in [0, 0.1) is 11.7 Å². The summed E-state index contributed by atoms with van der Waals surface area (Å²) >= 11 is 0. The lowest BCUT2D eigenvalue weighted by Gasteiger charge is -2.26. The number of para-hydroxylation sites is 1. The molecule has 2 unspecified atom stereocenters. The van der Waals surface area contributed by atoms with Crippen molar-refractivity contribution in [2.75, 3.05) is 6.61 Å². The fourth-order valence-corrected chi connectivity index (χ4v) is 4.68. The van der Waals surface area contributed by atoms with Crippen molar-refractivity contribution >= 4 is 22.9 Å². The third-order valence-corrected chi connectivity index (χ3v) is 6.85. The van der Waals surface area contributed by atoms with Gasteiger partial charge in [0, 0.05) is 23.1 Å². The van der Waals surface area contributed by atoms with Crippen LogP contribution in [-0.2, 0) is 11.2 Å². The van der Waals surface area contributed by atoms with Crippen LogP contribution in [-0.4, -0.2) is 33.6 Å². The van der Waals surface area contributed by atoms with Gasteiger partial charge in [-0.05, 0) is 67.8 Å². The summed E-state index contributed by atoms with van der Waals surface area (Å²) in [6.07, 6.45) is 2.27. The van der Waals surface area contributed by atoms with Crippen molar-refractivity contribution in [2.24, 2.45) is 5.92 Å². The van der Waals surface area contributed by atoms with E-state index in [2.05, 4.69) is 5.32 Å². The van der Waals surface area contributed by atoms with Gasteiger partial charge in [0.25, 0.3) is 5.91 Å². The maximum atomic E-state index is 13.6. The zero-order valence-corrected chi connectivity index (χ0v) is 21.0. The molecular formula is C30H28FN3O4. The largest absolute Gasteiger partial charge is 0.493 e. The van der Waals surface area contributed by atoms with Crippen LogP contribution in [0.3, 0.4) is 0 Å². The molecule has 1 aromatic heterocycles. The van der Waals surface area contributed by atoms with Gasteiger partial charge in [0.05, 0.1) is 41.0 Å². The second kappa shape index (κ2) is 11.0. The molecule has 8 heteroatoms. The van der Waals surface area contributed by atoms with E-state index in [9.17, 15) is 19.1 Å². The Morgan fingerprint density at radius 3 is 2.66 bits per heavy atom. The van der Waals surface area contributed by atoms with Crippen LogP contribution < -0.4 is 10.1 Å². The normalized spacial score (nSPS) is 15.4. The lowest BCUT2D eigenvalue weighted by atomic mass is 10.00. The number of aliphatic carboxylic acids is 1. The molecule has 3 aromatic carbocycles. The number of nitrogens with zero attached hydrogens (tertiary/aromatic N) is 2. The second-order valence-electron chi connectivity index (χ2n) is 9.56. The minimum Gasteiger partial charge on any atom is -0.493 e. The standard InChI is InChI=1S/C30H28FN3O4/c1-18(30(36)37)5-4-7-25-28(19-9-12-21(31)13-10-19)33-24-14-11-20(17-26(24)32-25)29(35)34-23-15-16-38-27-8-3-2-6-22(23)27/h2-3,6,8-14,17-18,23H,4-5,7,15-16H2,1H3,(H,34,35)(H,36,37). The van der Waals surface area contributed by atoms with Gasteiger partial charge in [-0.15, -0.1) is 0 Å². The Labute approximate surface area is 219 Å². The fourth-order valence-electron chi connectivity index (χ4n) is 4.68. The lowest BCUT2D eigenvalue weighted by Crippen LogP contribution is -2.32. The SMILES string of the molecule is CC(CCCc1nc2cc(C(=O)NC3CCOc4ccccc43)ccc2nc1-c1ccc(F)cc1)C(=O)O. The number of halogens is 1. The molecule has 0 aliphatic carbocycles. The minimum atomic E-state index is -0.837. The molecule has 4 aromatic rings. The van der Waals surface area contributed by atoms with Gasteiger partial charge in [-0.25, -0.2) is 14.4 Å². The number of amides is 1. The number of carboxylic acids is 1. The molecule has 194 valence electrons. The maximum absolute atomic E-state index is 13.6. The predicted molar refractivity (Wildman–Crippen MR) is 141 cm³/mol. The van der Waals surface area contributed by atoms with Gasteiger partial charge in [-0.1, -0.05) is 25.1 Å². The van der Waals surface area contributed by atoms with E-state index in [0.29, 0.717) is 60.3 Å². The van der Waals surface area contributed by atoms with Crippen LogP contribution >= 0.6 is 0 Å². The van der Waals surface area contributed by atoms with Crippen molar-refractivity contribution in [2.45, 2.75) is 38.6 Å². The first-order valence-electron chi connectivity index (χ1n) is 12.7. The van der Waals surface area contributed by atoms with E-state index in [1.807, 2.05) is 24.3 Å². The fraction of sp³-hybridized carbons (Fsp3) is 0.267. The van der Waals surface area contributed by atoms with E-state index >= 15 is 0 Å². The third kappa shape index (κ3) is 5.49. The highest BCUT2D eigenvalue weighted by molar-refractivity contribution is 5.97. The highest BCUT2D eigenvalue weighted by atomic mass is 19.1. The molecule has 1 amide bonds. The summed E-state index contributed by atoms with van der Waals surface area (Å²) in [5.74, 6) is -1.08. The molecule has 2 heterocycles. The van der Waals surface area contributed by atoms with Crippen molar-refractivity contribution in [3.05, 3.63) is 89.4 Å².